The van der Waals surface area contributed by atoms with Crippen LogP contribution in [0.4, 0.5) is 0 Å². The van der Waals surface area contributed by atoms with Crippen LogP contribution in [0.3, 0.4) is 0 Å². The van der Waals surface area contributed by atoms with Gasteiger partial charge >= 0.3 is 0 Å². The Bertz CT molecular complexity index is 338. The number of hydrogen-bond donors (Lipinski definition) is 0. The van der Waals surface area contributed by atoms with Gasteiger partial charge in [0.15, 0.2) is 0 Å². The SMILES string of the molecule is CCCC(=NOCC)C1C(=O)CC(C)(C)CC1=O. The topological polar surface area (TPSA) is 55.7 Å². The van der Waals surface area contributed by atoms with E-state index in [0.29, 0.717) is 31.6 Å². The van der Waals surface area contributed by atoms with Crippen molar-refractivity contribution in [3.63, 3.8) is 0 Å². The van der Waals surface area contributed by atoms with Crippen LogP contribution in [0.5, 0.6) is 0 Å². The lowest BCUT2D eigenvalue weighted by Crippen LogP contribution is -2.41. The number of hydrogen-bond acceptors (Lipinski definition) is 4. The smallest absolute Gasteiger partial charge is 0.149 e. The molecule has 0 spiro atoms. The molecule has 0 aromatic heterocycles. The lowest BCUT2D eigenvalue weighted by molar-refractivity contribution is -0.136. The summed E-state index contributed by atoms with van der Waals surface area (Å²) >= 11 is 0. The summed E-state index contributed by atoms with van der Waals surface area (Å²) in [5.74, 6) is -0.684. The summed E-state index contributed by atoms with van der Waals surface area (Å²) in [4.78, 5) is 29.3. The highest BCUT2D eigenvalue weighted by Gasteiger charge is 2.42. The molecule has 0 aromatic carbocycles. The van der Waals surface area contributed by atoms with Gasteiger partial charge in [-0.15, -0.1) is 0 Å². The summed E-state index contributed by atoms with van der Waals surface area (Å²) < 4.78 is 0. The van der Waals surface area contributed by atoms with E-state index in [0.717, 1.165) is 6.42 Å². The monoisotopic (exact) mass is 253 g/mol. The van der Waals surface area contributed by atoms with Gasteiger partial charge in [0.2, 0.25) is 0 Å². The van der Waals surface area contributed by atoms with E-state index < -0.39 is 5.92 Å². The summed E-state index contributed by atoms with van der Waals surface area (Å²) in [7, 11) is 0. The summed E-state index contributed by atoms with van der Waals surface area (Å²) in [6.07, 6.45) is 2.38. The van der Waals surface area contributed by atoms with Gasteiger partial charge in [-0.25, -0.2) is 0 Å². The first-order valence-electron chi connectivity index (χ1n) is 6.65. The van der Waals surface area contributed by atoms with E-state index in [1.807, 2.05) is 27.7 Å². The molecule has 4 nitrogen and oxygen atoms in total. The minimum atomic E-state index is -0.662. The fourth-order valence-electron chi connectivity index (χ4n) is 2.41. The van der Waals surface area contributed by atoms with E-state index in [1.54, 1.807) is 0 Å². The number of carbonyl (C=O) groups excluding carboxylic acids is 2. The van der Waals surface area contributed by atoms with Crippen LogP contribution in [0.2, 0.25) is 0 Å². The van der Waals surface area contributed by atoms with Gasteiger partial charge < -0.3 is 4.84 Å². The second kappa shape index (κ2) is 6.12. The second-order valence-corrected chi connectivity index (χ2v) is 5.63. The number of carbonyl (C=O) groups is 2. The molecular weight excluding hydrogens is 230 g/mol. The molecule has 18 heavy (non-hydrogen) atoms. The molecule has 1 fully saturated rings. The van der Waals surface area contributed by atoms with Crippen molar-refractivity contribution in [3.05, 3.63) is 0 Å². The van der Waals surface area contributed by atoms with Crippen molar-refractivity contribution in [2.75, 3.05) is 6.61 Å². The van der Waals surface area contributed by atoms with E-state index >= 15 is 0 Å². The molecule has 102 valence electrons. The van der Waals surface area contributed by atoms with Crippen LogP contribution < -0.4 is 0 Å². The first-order chi connectivity index (χ1) is 8.41. The Balaban J connectivity index is 2.91. The first kappa shape index (κ1) is 14.9. The van der Waals surface area contributed by atoms with Crippen LogP contribution in [0.25, 0.3) is 0 Å². The van der Waals surface area contributed by atoms with Gasteiger partial charge in [0.1, 0.15) is 24.1 Å². The number of nitrogens with zero attached hydrogens (tertiary/aromatic N) is 1. The number of ketones is 2. The Morgan fingerprint density at radius 2 is 1.83 bits per heavy atom. The molecular formula is C14H23NO3. The molecule has 0 amide bonds. The summed E-state index contributed by atoms with van der Waals surface area (Å²) in [6.45, 7) is 8.20. The fraction of sp³-hybridized carbons (Fsp3) is 0.786. The van der Waals surface area contributed by atoms with Crippen LogP contribution in [-0.4, -0.2) is 23.9 Å². The Kier molecular flexibility index (Phi) is 5.05. The van der Waals surface area contributed by atoms with Crippen molar-refractivity contribution in [3.8, 4) is 0 Å². The molecule has 0 heterocycles. The highest BCUT2D eigenvalue weighted by molar-refractivity contribution is 6.22. The molecule has 0 aromatic rings. The van der Waals surface area contributed by atoms with Gasteiger partial charge in [0.05, 0.1) is 5.71 Å². The zero-order chi connectivity index (χ0) is 13.8. The van der Waals surface area contributed by atoms with Crippen LogP contribution >= 0.6 is 0 Å². The van der Waals surface area contributed by atoms with Gasteiger partial charge in [-0.2, -0.15) is 0 Å². The van der Waals surface area contributed by atoms with Gasteiger partial charge in [-0.3, -0.25) is 9.59 Å². The Labute approximate surface area is 109 Å². The van der Waals surface area contributed by atoms with Gasteiger partial charge in [-0.05, 0) is 18.8 Å². The van der Waals surface area contributed by atoms with E-state index in [1.165, 1.54) is 0 Å². The van der Waals surface area contributed by atoms with Crippen molar-refractivity contribution >= 4 is 17.3 Å². The quantitative estimate of drug-likeness (QED) is 0.430. The maximum atomic E-state index is 12.1. The third-order valence-corrected chi connectivity index (χ3v) is 3.10. The van der Waals surface area contributed by atoms with Crippen molar-refractivity contribution in [1.82, 2.24) is 0 Å². The van der Waals surface area contributed by atoms with Crippen molar-refractivity contribution in [1.29, 1.82) is 0 Å². The largest absolute Gasteiger partial charge is 0.396 e. The molecule has 0 unspecified atom stereocenters. The van der Waals surface area contributed by atoms with Crippen molar-refractivity contribution in [2.45, 2.75) is 53.4 Å². The van der Waals surface area contributed by atoms with Crippen LogP contribution in [0.1, 0.15) is 53.4 Å². The van der Waals surface area contributed by atoms with Crippen molar-refractivity contribution < 1.29 is 14.4 Å². The van der Waals surface area contributed by atoms with Crippen LogP contribution in [0, 0.1) is 11.3 Å². The van der Waals surface area contributed by atoms with Gasteiger partial charge in [0.25, 0.3) is 0 Å². The van der Waals surface area contributed by atoms with Crippen LogP contribution in [0.15, 0.2) is 5.16 Å². The standard InChI is InChI=1S/C14H23NO3/c1-5-7-10(15-18-6-2)13-11(16)8-14(3,4)9-12(13)17/h13H,5-9H2,1-4H3. The maximum absolute atomic E-state index is 12.1. The highest BCUT2D eigenvalue weighted by atomic mass is 16.6. The first-order valence-corrected chi connectivity index (χ1v) is 6.65. The molecule has 0 N–H and O–H groups in total. The average molecular weight is 253 g/mol. The van der Waals surface area contributed by atoms with E-state index in [2.05, 4.69) is 5.16 Å². The number of rotatable bonds is 5. The predicted octanol–water partition coefficient (Wildman–Crippen LogP) is 2.75. The van der Waals surface area contributed by atoms with Gasteiger partial charge in [-0.1, -0.05) is 32.3 Å². The molecule has 1 aliphatic rings. The molecule has 0 saturated heterocycles. The predicted molar refractivity (Wildman–Crippen MR) is 70.5 cm³/mol. The third kappa shape index (κ3) is 3.65. The van der Waals surface area contributed by atoms with E-state index in [4.69, 9.17) is 4.84 Å². The zero-order valence-electron chi connectivity index (χ0n) is 11.8. The van der Waals surface area contributed by atoms with Crippen molar-refractivity contribution in [2.24, 2.45) is 16.5 Å². The fourth-order valence-corrected chi connectivity index (χ4v) is 2.41. The molecule has 0 radical (unpaired) electrons. The molecule has 0 bridgehead atoms. The summed E-state index contributed by atoms with van der Waals surface area (Å²) in [5, 5.41) is 3.98. The minimum Gasteiger partial charge on any atom is -0.396 e. The Hall–Kier alpha value is -1.19. The van der Waals surface area contributed by atoms with Gasteiger partial charge in [0, 0.05) is 12.8 Å². The summed E-state index contributed by atoms with van der Waals surface area (Å²) in [5.41, 5.74) is 0.387. The molecule has 1 saturated carbocycles. The molecule has 1 rings (SSSR count). The Morgan fingerprint density at radius 3 is 2.28 bits per heavy atom. The maximum Gasteiger partial charge on any atom is 0.149 e. The number of Topliss-reactive ketones (excluding diaryl/α,β-unsaturated/α-hetero) is 2. The average Bonchev–Trinajstić information content (AvgIpc) is 2.23. The number of oxime groups is 1. The van der Waals surface area contributed by atoms with Crippen LogP contribution in [-0.2, 0) is 14.4 Å². The normalized spacial score (nSPS) is 21.2. The molecule has 4 heteroatoms. The molecule has 0 aliphatic heterocycles. The second-order valence-electron chi connectivity index (χ2n) is 5.63. The third-order valence-electron chi connectivity index (χ3n) is 3.10. The lowest BCUT2D eigenvalue weighted by Gasteiger charge is -2.32. The summed E-state index contributed by atoms with van der Waals surface area (Å²) in [6, 6.07) is 0. The minimum absolute atomic E-state index is 0.0110. The van der Waals surface area contributed by atoms with E-state index in [-0.39, 0.29) is 17.0 Å². The zero-order valence-corrected chi connectivity index (χ0v) is 11.8. The molecule has 0 atom stereocenters. The van der Waals surface area contributed by atoms with E-state index in [9.17, 15) is 9.59 Å². The Morgan fingerprint density at radius 1 is 1.28 bits per heavy atom. The molecule has 1 aliphatic carbocycles. The highest BCUT2D eigenvalue weighted by Crippen LogP contribution is 2.34. The lowest BCUT2D eigenvalue weighted by atomic mass is 9.70.